The predicted octanol–water partition coefficient (Wildman–Crippen LogP) is 2.36. The molecule has 6 rings (SSSR count). The van der Waals surface area contributed by atoms with Gasteiger partial charge in [0.25, 0.3) is 0 Å². The smallest absolute Gasteiger partial charge is 0.149 e. The number of aliphatic hydroxyl groups excluding tert-OH is 2. The van der Waals surface area contributed by atoms with Crippen LogP contribution in [0.2, 0.25) is 0 Å². The van der Waals surface area contributed by atoms with Gasteiger partial charge in [-0.05, 0) is 32.7 Å². The molecule has 3 nitrogen and oxygen atoms in total. The first-order valence-electron chi connectivity index (χ1n) is 7.27. The molecule has 0 radical (unpaired) electrons. The SMILES string of the molecule is O[C@H]1[C@H](O)c2ccc3ccc4cccc5c4c3c2[C@@]52O[C@H]12. The van der Waals surface area contributed by atoms with Crippen molar-refractivity contribution < 1.29 is 14.9 Å². The maximum absolute atomic E-state index is 10.4. The molecule has 2 aliphatic carbocycles. The van der Waals surface area contributed by atoms with Crippen molar-refractivity contribution in [3.63, 3.8) is 0 Å². The highest BCUT2D eigenvalue weighted by Gasteiger charge is 2.70. The lowest BCUT2D eigenvalue weighted by Gasteiger charge is -2.27. The molecule has 1 fully saturated rings. The molecule has 3 aromatic carbocycles. The van der Waals surface area contributed by atoms with Crippen LogP contribution in [-0.4, -0.2) is 22.4 Å². The molecule has 3 heteroatoms. The summed E-state index contributed by atoms with van der Waals surface area (Å²) in [5.74, 6) is 0. The largest absolute Gasteiger partial charge is 0.387 e. The molecular weight excluding hydrogens is 264 g/mol. The van der Waals surface area contributed by atoms with Crippen molar-refractivity contribution in [2.75, 3.05) is 0 Å². The normalized spacial score (nSPS) is 34.7. The van der Waals surface area contributed by atoms with Crippen LogP contribution in [0.15, 0.2) is 42.5 Å². The Morgan fingerprint density at radius 2 is 1.67 bits per heavy atom. The van der Waals surface area contributed by atoms with Crippen LogP contribution in [0.5, 0.6) is 0 Å². The molecule has 3 aliphatic rings. The second-order valence-corrected chi connectivity index (χ2v) is 6.31. The Labute approximate surface area is 120 Å². The van der Waals surface area contributed by atoms with Gasteiger partial charge in [0, 0.05) is 5.56 Å². The van der Waals surface area contributed by atoms with E-state index in [1.807, 2.05) is 18.2 Å². The maximum Gasteiger partial charge on any atom is 0.149 e. The first kappa shape index (κ1) is 10.7. The van der Waals surface area contributed by atoms with Crippen LogP contribution < -0.4 is 0 Å². The minimum atomic E-state index is -0.866. The fourth-order valence-corrected chi connectivity index (χ4v) is 4.55. The van der Waals surface area contributed by atoms with Gasteiger partial charge in [-0.3, -0.25) is 0 Å². The van der Waals surface area contributed by atoms with Crippen LogP contribution in [0, 0.1) is 0 Å². The minimum Gasteiger partial charge on any atom is -0.387 e. The third-order valence-corrected chi connectivity index (χ3v) is 5.44. The summed E-state index contributed by atoms with van der Waals surface area (Å²) in [6, 6.07) is 14.5. The molecule has 0 saturated carbocycles. The van der Waals surface area contributed by atoms with Gasteiger partial charge in [0.15, 0.2) is 0 Å². The molecule has 21 heavy (non-hydrogen) atoms. The molecule has 3 aromatic rings. The van der Waals surface area contributed by atoms with E-state index in [4.69, 9.17) is 4.74 Å². The van der Waals surface area contributed by atoms with Gasteiger partial charge in [-0.1, -0.05) is 42.5 Å². The minimum absolute atomic E-state index is 0.330. The number of epoxide rings is 1. The highest BCUT2D eigenvalue weighted by atomic mass is 16.6. The third-order valence-electron chi connectivity index (χ3n) is 5.44. The Bertz CT molecular complexity index is 977. The summed E-state index contributed by atoms with van der Waals surface area (Å²) in [7, 11) is 0. The number of rotatable bonds is 0. The monoisotopic (exact) mass is 276 g/mol. The van der Waals surface area contributed by atoms with Gasteiger partial charge in [-0.2, -0.15) is 0 Å². The molecule has 0 bridgehead atoms. The fourth-order valence-electron chi connectivity index (χ4n) is 4.55. The zero-order valence-electron chi connectivity index (χ0n) is 11.1. The van der Waals surface area contributed by atoms with Gasteiger partial charge < -0.3 is 14.9 Å². The van der Waals surface area contributed by atoms with E-state index in [1.54, 1.807) is 0 Å². The van der Waals surface area contributed by atoms with Crippen molar-refractivity contribution in [3.05, 3.63) is 59.2 Å². The molecule has 1 aliphatic heterocycles. The molecule has 1 heterocycles. The van der Waals surface area contributed by atoms with E-state index in [1.165, 1.54) is 21.5 Å². The summed E-state index contributed by atoms with van der Waals surface area (Å²) >= 11 is 0. The number of hydrogen-bond donors (Lipinski definition) is 2. The standard InChI is InChI=1S/C18H12O3/c19-15-10-7-6-9-5-4-8-2-1-3-11-12(8)13(9)14(10)18(11)17(21-18)16(15)20/h1-7,15-17,19-20H/t15-,16+,17-,18+/m1/s1. The van der Waals surface area contributed by atoms with E-state index in [-0.39, 0.29) is 6.10 Å². The molecule has 0 unspecified atom stereocenters. The van der Waals surface area contributed by atoms with Crippen LogP contribution in [0.4, 0.5) is 0 Å². The highest BCUT2D eigenvalue weighted by Crippen LogP contribution is 2.66. The van der Waals surface area contributed by atoms with Crippen LogP contribution in [0.25, 0.3) is 21.5 Å². The lowest BCUT2D eigenvalue weighted by atomic mass is 9.78. The number of aliphatic hydroxyl groups is 2. The third kappa shape index (κ3) is 0.922. The number of benzene rings is 3. The first-order valence-corrected chi connectivity index (χ1v) is 7.27. The van der Waals surface area contributed by atoms with Gasteiger partial charge in [0.2, 0.25) is 0 Å². The molecule has 1 saturated heterocycles. The molecule has 102 valence electrons. The molecule has 4 atom stereocenters. The number of hydrogen-bond acceptors (Lipinski definition) is 3. The summed E-state index contributed by atoms with van der Waals surface area (Å²) in [4.78, 5) is 0. The van der Waals surface area contributed by atoms with Gasteiger partial charge in [0.05, 0.1) is 0 Å². The summed E-state index contributed by atoms with van der Waals surface area (Å²) in [5.41, 5.74) is 2.50. The van der Waals surface area contributed by atoms with Crippen molar-refractivity contribution in [1.82, 2.24) is 0 Å². The van der Waals surface area contributed by atoms with Gasteiger partial charge in [0.1, 0.15) is 23.9 Å². The lowest BCUT2D eigenvalue weighted by molar-refractivity contribution is -0.000470. The van der Waals surface area contributed by atoms with E-state index >= 15 is 0 Å². The van der Waals surface area contributed by atoms with Crippen molar-refractivity contribution in [2.45, 2.75) is 23.9 Å². The summed E-state index contributed by atoms with van der Waals surface area (Å²) < 4.78 is 6.00. The molecule has 2 N–H and O–H groups in total. The molecule has 0 aromatic heterocycles. The van der Waals surface area contributed by atoms with Crippen molar-refractivity contribution in [3.8, 4) is 0 Å². The summed E-state index contributed by atoms with van der Waals surface area (Å²) in [6.07, 6.45) is -2.06. The van der Waals surface area contributed by atoms with Crippen LogP contribution in [0.3, 0.4) is 0 Å². The Morgan fingerprint density at radius 3 is 2.52 bits per heavy atom. The average molecular weight is 276 g/mol. The van der Waals surface area contributed by atoms with E-state index in [0.29, 0.717) is 0 Å². The van der Waals surface area contributed by atoms with Crippen molar-refractivity contribution >= 4 is 21.5 Å². The van der Waals surface area contributed by atoms with Crippen LogP contribution >= 0.6 is 0 Å². The van der Waals surface area contributed by atoms with Gasteiger partial charge >= 0.3 is 0 Å². The second kappa shape index (κ2) is 2.97. The zero-order valence-corrected chi connectivity index (χ0v) is 11.1. The highest BCUT2D eigenvalue weighted by molar-refractivity contribution is 6.15. The van der Waals surface area contributed by atoms with Gasteiger partial charge in [-0.25, -0.2) is 0 Å². The Morgan fingerprint density at radius 1 is 0.905 bits per heavy atom. The Kier molecular flexibility index (Phi) is 1.52. The Hall–Kier alpha value is -1.94. The van der Waals surface area contributed by atoms with Crippen molar-refractivity contribution in [1.29, 1.82) is 0 Å². The topological polar surface area (TPSA) is 53.0 Å². The lowest BCUT2D eigenvalue weighted by Crippen LogP contribution is -2.34. The van der Waals surface area contributed by atoms with E-state index in [0.717, 1.165) is 16.7 Å². The fraction of sp³-hybridized carbons (Fsp3) is 0.222. The molecule has 0 amide bonds. The average Bonchev–Trinajstić information content (AvgIpc) is 3.20. The maximum atomic E-state index is 10.4. The van der Waals surface area contributed by atoms with E-state index < -0.39 is 17.8 Å². The predicted molar refractivity (Wildman–Crippen MR) is 78.1 cm³/mol. The second-order valence-electron chi connectivity index (χ2n) is 6.31. The first-order chi connectivity index (χ1) is 10.2. The van der Waals surface area contributed by atoms with E-state index in [2.05, 4.69) is 24.3 Å². The molecule has 1 spiro atoms. The quantitative estimate of drug-likeness (QED) is 0.489. The number of ether oxygens (including phenoxy) is 1. The van der Waals surface area contributed by atoms with Gasteiger partial charge in [-0.15, -0.1) is 0 Å². The summed E-state index contributed by atoms with van der Waals surface area (Å²) in [6.45, 7) is 0. The van der Waals surface area contributed by atoms with Crippen LogP contribution in [-0.2, 0) is 10.3 Å². The summed E-state index contributed by atoms with van der Waals surface area (Å²) in [5, 5.41) is 25.5. The Balaban J connectivity index is 1.93. The zero-order chi connectivity index (χ0) is 13.9. The molecular formula is C18H12O3. The van der Waals surface area contributed by atoms with Crippen LogP contribution in [0.1, 0.15) is 22.8 Å². The van der Waals surface area contributed by atoms with Crippen molar-refractivity contribution in [2.24, 2.45) is 0 Å². The van der Waals surface area contributed by atoms with E-state index in [9.17, 15) is 10.2 Å².